The van der Waals surface area contributed by atoms with Gasteiger partial charge in [-0.05, 0) is 0 Å². The summed E-state index contributed by atoms with van der Waals surface area (Å²) in [7, 11) is 1.50. The Morgan fingerprint density at radius 1 is 0.882 bits per heavy atom. The van der Waals surface area contributed by atoms with Crippen LogP contribution in [-0.2, 0) is 36.2 Å². The van der Waals surface area contributed by atoms with Crippen molar-refractivity contribution in [3.05, 3.63) is 24.3 Å². The Bertz CT molecular complexity index is 236. The molecule has 0 aromatic heterocycles. The molecule has 0 fully saturated rings. The molecule has 0 saturated carbocycles. The summed E-state index contributed by atoms with van der Waals surface area (Å²) in [5.41, 5.74) is 0.574. The average molecular weight is 280 g/mol. The second-order valence-corrected chi connectivity index (χ2v) is 3.32. The van der Waals surface area contributed by atoms with Gasteiger partial charge >= 0.3 is 86.2 Å². The van der Waals surface area contributed by atoms with E-state index in [1.54, 1.807) is 0 Å². The van der Waals surface area contributed by atoms with Crippen LogP contribution in [0.3, 0.4) is 0 Å². The zero-order valence-corrected chi connectivity index (χ0v) is 11.9. The predicted molar refractivity (Wildman–Crippen MR) is 53.7 cm³/mol. The zero-order valence-electron chi connectivity index (χ0n) is 10.4. The third kappa shape index (κ3) is 15.1. The van der Waals surface area contributed by atoms with Crippen LogP contribution in [0.1, 0.15) is 13.8 Å². The summed E-state index contributed by atoms with van der Waals surface area (Å²) < 4.78 is 9.25. The Labute approximate surface area is 111 Å². The number of hydrogen-bond donors (Lipinski definition) is 0. The number of carbonyl (C=O) groups is 2. The van der Waals surface area contributed by atoms with E-state index in [1.807, 2.05) is 0 Å². The van der Waals surface area contributed by atoms with Crippen LogP contribution in [-0.4, -0.2) is 26.2 Å². The van der Waals surface area contributed by atoms with Crippen LogP contribution in [0.5, 0.6) is 0 Å². The van der Waals surface area contributed by atoms with E-state index in [0.717, 1.165) is 14.2 Å². The molecule has 0 aliphatic rings. The molecule has 0 aromatic carbocycles. The molecular weight excluding hydrogens is 264 g/mol. The molecule has 0 aliphatic heterocycles. The first-order valence-electron chi connectivity index (χ1n) is 4.25. The van der Waals surface area contributed by atoms with Gasteiger partial charge in [-0.25, -0.2) is 0 Å². The largest absolute Gasteiger partial charge is 0.857 e. The van der Waals surface area contributed by atoms with Crippen molar-refractivity contribution in [2.24, 2.45) is 0 Å². The first-order valence-corrected chi connectivity index (χ1v) is 5.52. The molecule has 0 rings (SSSR count). The van der Waals surface area contributed by atoms with Crippen LogP contribution >= 0.6 is 0 Å². The van der Waals surface area contributed by atoms with Gasteiger partial charge in [0.05, 0.1) is 0 Å². The van der Waals surface area contributed by atoms with Gasteiger partial charge in [-0.3, -0.25) is 0 Å². The number of carbonyl (C=O) groups excluding carboxylic acids is 2. The Morgan fingerprint density at radius 3 is 1.29 bits per heavy atom. The van der Waals surface area contributed by atoms with Gasteiger partial charge in [0.1, 0.15) is 0 Å². The molecule has 0 amide bonds. The van der Waals surface area contributed by atoms with Crippen molar-refractivity contribution in [1.82, 2.24) is 0 Å². The molecule has 96 valence electrons. The Hall–Kier alpha value is -0.946. The van der Waals surface area contributed by atoms with Crippen LogP contribution in [0.4, 0.5) is 0 Å². The van der Waals surface area contributed by atoms with Gasteiger partial charge < -0.3 is 10.2 Å². The first-order chi connectivity index (χ1) is 7.95. The number of hydrogen-bond acceptors (Lipinski definition) is 6. The topological polar surface area (TPSA) is 98.7 Å². The van der Waals surface area contributed by atoms with Gasteiger partial charge in [0.2, 0.25) is 0 Å². The molecule has 0 atom stereocenters. The molecule has 0 radical (unpaired) electrons. The fourth-order valence-corrected chi connectivity index (χ4v) is 1.12. The molecule has 0 heterocycles. The van der Waals surface area contributed by atoms with Gasteiger partial charge in [-0.2, -0.15) is 14.2 Å². The van der Waals surface area contributed by atoms with Crippen molar-refractivity contribution in [2.45, 2.75) is 13.8 Å². The molecule has 0 aliphatic carbocycles. The smallest absolute Gasteiger partial charge is 0.153 e. The molecule has 17 heavy (non-hydrogen) atoms. The second kappa shape index (κ2) is 15.1. The second-order valence-electron chi connectivity index (χ2n) is 2.42. The monoisotopic (exact) mass is 280 g/mol. The van der Waals surface area contributed by atoms with Gasteiger partial charge in [-0.1, -0.05) is 0 Å². The van der Waals surface area contributed by atoms with Crippen LogP contribution in [0.15, 0.2) is 24.3 Å². The SMILES string of the molecule is C=C(C)C(=O)[O][Ti+2][O]C(=O)C(=C)C.C[O-].C[O-]. The fraction of sp³-hybridized carbons (Fsp3) is 0.400. The van der Waals surface area contributed by atoms with E-state index in [4.69, 9.17) is 10.2 Å². The van der Waals surface area contributed by atoms with E-state index in [-0.39, 0.29) is 11.1 Å². The number of rotatable bonds is 4. The summed E-state index contributed by atoms with van der Waals surface area (Å²) in [6, 6.07) is 0. The fourth-order valence-electron chi connectivity index (χ4n) is 0.271. The summed E-state index contributed by atoms with van der Waals surface area (Å²) >= 11 is -1.47. The van der Waals surface area contributed by atoms with Crippen LogP contribution in [0.2, 0.25) is 0 Å². The molecule has 0 saturated heterocycles. The van der Waals surface area contributed by atoms with Crippen LogP contribution in [0, 0.1) is 0 Å². The standard InChI is InChI=1S/2C4H6O2.2CH3O.Ti/c2*1-3(2)4(5)6;2*1-2;/h2*1H2,2H3,(H,5,6);2*1H3;/q;;2*-1;+4/p-2. The summed E-state index contributed by atoms with van der Waals surface area (Å²) in [5.74, 6) is -1.07. The van der Waals surface area contributed by atoms with E-state index in [9.17, 15) is 9.59 Å². The van der Waals surface area contributed by atoms with Crippen molar-refractivity contribution in [1.29, 1.82) is 0 Å². The van der Waals surface area contributed by atoms with Crippen molar-refractivity contribution >= 4 is 11.9 Å². The molecule has 0 bridgehead atoms. The molecule has 0 aromatic rings. The first kappa shape index (κ1) is 21.4. The van der Waals surface area contributed by atoms with E-state index < -0.39 is 31.9 Å². The van der Waals surface area contributed by atoms with Gasteiger partial charge in [-0.15, -0.1) is 0 Å². The third-order valence-corrected chi connectivity index (χ3v) is 1.80. The third-order valence-electron chi connectivity index (χ3n) is 0.966. The zero-order chi connectivity index (χ0) is 14.4. The van der Waals surface area contributed by atoms with Crippen molar-refractivity contribution in [2.75, 3.05) is 14.2 Å². The summed E-state index contributed by atoms with van der Waals surface area (Å²) in [5, 5.41) is 16.5. The molecule has 6 nitrogen and oxygen atoms in total. The maximum Gasteiger partial charge on any atom is -0.153 e. The normalized spacial score (nSPS) is 6.94. The van der Waals surface area contributed by atoms with Crippen LogP contribution < -0.4 is 10.2 Å². The van der Waals surface area contributed by atoms with Crippen molar-refractivity contribution in [3.8, 4) is 0 Å². The maximum atomic E-state index is 10.8. The minimum atomic E-state index is -1.47. The Morgan fingerprint density at radius 2 is 1.12 bits per heavy atom. The van der Waals surface area contributed by atoms with E-state index in [0.29, 0.717) is 0 Å². The van der Waals surface area contributed by atoms with E-state index >= 15 is 0 Å². The molecule has 7 heteroatoms. The minimum absolute atomic E-state index is 0.287. The van der Waals surface area contributed by atoms with Gasteiger partial charge in [0.25, 0.3) is 0 Å². The summed E-state index contributed by atoms with van der Waals surface area (Å²) in [4.78, 5) is 21.6. The maximum absolute atomic E-state index is 10.8. The van der Waals surface area contributed by atoms with Crippen LogP contribution in [0.25, 0.3) is 0 Å². The molecule has 0 unspecified atom stereocenters. The minimum Gasteiger partial charge on any atom is -0.857 e. The average Bonchev–Trinajstić information content (AvgIpc) is 2.33. The van der Waals surface area contributed by atoms with E-state index in [1.165, 1.54) is 13.8 Å². The summed E-state index contributed by atoms with van der Waals surface area (Å²) in [6.45, 7) is 9.80. The Balaban J connectivity index is -0.000000439. The van der Waals surface area contributed by atoms with Crippen molar-refractivity contribution < 1.29 is 46.4 Å². The van der Waals surface area contributed by atoms with Crippen molar-refractivity contribution in [3.63, 3.8) is 0 Å². The molecular formula is C10H16O6Ti. The molecule has 0 spiro atoms. The van der Waals surface area contributed by atoms with E-state index in [2.05, 4.69) is 19.8 Å². The predicted octanol–water partition coefficient (Wildman–Crippen LogP) is -0.909. The van der Waals surface area contributed by atoms with Gasteiger partial charge in [0, 0.05) is 0 Å². The quantitative estimate of drug-likeness (QED) is 0.488. The Kier molecular flexibility index (Phi) is 18.9. The van der Waals surface area contributed by atoms with Gasteiger partial charge in [0.15, 0.2) is 0 Å². The molecule has 0 N–H and O–H groups in total. The summed E-state index contributed by atoms with van der Waals surface area (Å²) in [6.07, 6.45) is 0.